The van der Waals surface area contributed by atoms with E-state index in [0.29, 0.717) is 36.1 Å². The van der Waals surface area contributed by atoms with Crippen molar-refractivity contribution < 1.29 is 9.53 Å². The standard InChI is InChI=1S/C18H18N2O4/c1-3-24-12-20-16(13(2)17(22)19-18(20)23)11-15-7-4-6-14(10-15)8-5-9-21/h4,6-7,9-10H,3,11-12H2,1-2H3,(H,19,22,23). The van der Waals surface area contributed by atoms with E-state index in [-0.39, 0.29) is 6.73 Å². The number of rotatable bonds is 5. The largest absolute Gasteiger partial charge is 0.361 e. The number of hydrogen-bond donors (Lipinski definition) is 1. The molecule has 0 amide bonds. The van der Waals surface area contributed by atoms with Gasteiger partial charge in [-0.05, 0) is 37.5 Å². The molecule has 0 radical (unpaired) electrons. The minimum absolute atomic E-state index is 0.0763. The Morgan fingerprint density at radius 2 is 2.12 bits per heavy atom. The van der Waals surface area contributed by atoms with Crippen molar-refractivity contribution in [3.63, 3.8) is 0 Å². The highest BCUT2D eigenvalue weighted by atomic mass is 16.5. The summed E-state index contributed by atoms with van der Waals surface area (Å²) in [6, 6.07) is 7.31. The number of carbonyl (C=O) groups excluding carboxylic acids is 1. The SMILES string of the molecule is CCOCn1c(Cc2cccc(C#CC=O)c2)c(C)c(=O)[nH]c1=O. The van der Waals surface area contributed by atoms with Crippen molar-refractivity contribution in [1.29, 1.82) is 0 Å². The van der Waals surface area contributed by atoms with Gasteiger partial charge in [-0.2, -0.15) is 0 Å². The molecule has 0 saturated carbocycles. The van der Waals surface area contributed by atoms with Gasteiger partial charge in [-0.25, -0.2) is 4.79 Å². The smallest absolute Gasteiger partial charge is 0.330 e. The number of nitrogens with one attached hydrogen (secondary N) is 1. The van der Waals surface area contributed by atoms with Crippen LogP contribution in [0.5, 0.6) is 0 Å². The first-order valence-corrected chi connectivity index (χ1v) is 7.51. The summed E-state index contributed by atoms with van der Waals surface area (Å²) in [5.74, 6) is 5.09. The third-order valence-corrected chi connectivity index (χ3v) is 3.56. The zero-order valence-electron chi connectivity index (χ0n) is 13.6. The Balaban J connectivity index is 2.47. The van der Waals surface area contributed by atoms with Gasteiger partial charge >= 0.3 is 5.69 Å². The molecule has 0 saturated heterocycles. The molecule has 1 heterocycles. The van der Waals surface area contributed by atoms with Crippen molar-refractivity contribution in [3.8, 4) is 11.8 Å². The molecule has 0 aliphatic carbocycles. The summed E-state index contributed by atoms with van der Waals surface area (Å²) in [5, 5.41) is 0. The fourth-order valence-electron chi connectivity index (χ4n) is 2.33. The number of ether oxygens (including phenoxy) is 1. The number of H-pyrrole nitrogens is 1. The van der Waals surface area contributed by atoms with Crippen LogP contribution in [0.3, 0.4) is 0 Å². The van der Waals surface area contributed by atoms with Gasteiger partial charge in [0.25, 0.3) is 5.56 Å². The van der Waals surface area contributed by atoms with Gasteiger partial charge in [-0.15, -0.1) is 0 Å². The van der Waals surface area contributed by atoms with Gasteiger partial charge in [0.05, 0.1) is 0 Å². The van der Waals surface area contributed by atoms with Gasteiger partial charge in [-0.3, -0.25) is 19.1 Å². The van der Waals surface area contributed by atoms with E-state index in [1.807, 2.05) is 25.1 Å². The molecule has 6 nitrogen and oxygen atoms in total. The van der Waals surface area contributed by atoms with Gasteiger partial charge in [0.15, 0.2) is 6.29 Å². The fourth-order valence-corrected chi connectivity index (χ4v) is 2.33. The number of aromatic amines is 1. The van der Waals surface area contributed by atoms with Crippen molar-refractivity contribution in [2.24, 2.45) is 0 Å². The van der Waals surface area contributed by atoms with Crippen molar-refractivity contribution in [2.45, 2.75) is 27.0 Å². The predicted molar refractivity (Wildman–Crippen MR) is 89.9 cm³/mol. The van der Waals surface area contributed by atoms with Gasteiger partial charge in [0.2, 0.25) is 0 Å². The Morgan fingerprint density at radius 1 is 1.33 bits per heavy atom. The molecule has 0 unspecified atom stereocenters. The van der Waals surface area contributed by atoms with E-state index in [4.69, 9.17) is 4.74 Å². The average Bonchev–Trinajstić information content (AvgIpc) is 2.57. The van der Waals surface area contributed by atoms with Crippen LogP contribution in [-0.2, 0) is 22.7 Å². The van der Waals surface area contributed by atoms with Gasteiger partial charge in [0, 0.05) is 29.8 Å². The zero-order chi connectivity index (χ0) is 17.5. The Hall–Kier alpha value is -2.91. The topological polar surface area (TPSA) is 81.2 Å². The number of aromatic nitrogens is 2. The van der Waals surface area contributed by atoms with Crippen molar-refractivity contribution in [1.82, 2.24) is 9.55 Å². The lowest BCUT2D eigenvalue weighted by molar-refractivity contribution is -0.103. The first-order valence-electron chi connectivity index (χ1n) is 7.51. The van der Waals surface area contributed by atoms with Crippen LogP contribution in [0.1, 0.15) is 29.3 Å². The van der Waals surface area contributed by atoms with Gasteiger partial charge in [0.1, 0.15) is 6.73 Å². The third kappa shape index (κ3) is 4.09. The molecule has 0 spiro atoms. The maximum Gasteiger partial charge on any atom is 0.330 e. The van der Waals surface area contributed by atoms with Crippen LogP contribution < -0.4 is 11.2 Å². The molecule has 0 aliphatic heterocycles. The zero-order valence-corrected chi connectivity index (χ0v) is 13.6. The number of benzene rings is 1. The summed E-state index contributed by atoms with van der Waals surface area (Å²) in [6.45, 7) is 4.04. The van der Waals surface area contributed by atoms with Crippen LogP contribution in [0, 0.1) is 18.8 Å². The highest BCUT2D eigenvalue weighted by Gasteiger charge is 2.12. The monoisotopic (exact) mass is 326 g/mol. The number of carbonyl (C=O) groups is 1. The second kappa shape index (κ2) is 8.09. The maximum absolute atomic E-state index is 12.1. The molecule has 124 valence electrons. The second-order valence-corrected chi connectivity index (χ2v) is 5.15. The molecule has 1 aromatic heterocycles. The predicted octanol–water partition coefficient (Wildman–Crippen LogP) is 0.980. The Bertz CT molecular complexity index is 913. The molecule has 1 aromatic carbocycles. The van der Waals surface area contributed by atoms with E-state index in [0.717, 1.165) is 5.56 Å². The Labute approximate surface area is 139 Å². The summed E-state index contributed by atoms with van der Waals surface area (Å²) >= 11 is 0. The van der Waals surface area contributed by atoms with Gasteiger partial charge in [-0.1, -0.05) is 18.1 Å². The van der Waals surface area contributed by atoms with Crippen molar-refractivity contribution in [3.05, 3.63) is 67.5 Å². The number of aldehydes is 1. The third-order valence-electron chi connectivity index (χ3n) is 3.56. The van der Waals surface area contributed by atoms with Crippen LogP contribution in [0.25, 0.3) is 0 Å². The second-order valence-electron chi connectivity index (χ2n) is 5.15. The highest BCUT2D eigenvalue weighted by molar-refractivity contribution is 5.73. The number of nitrogens with zero attached hydrogens (tertiary/aromatic N) is 1. The van der Waals surface area contributed by atoms with Gasteiger partial charge < -0.3 is 4.74 Å². The van der Waals surface area contributed by atoms with Crippen LogP contribution in [0.15, 0.2) is 33.9 Å². The van der Waals surface area contributed by atoms with E-state index in [2.05, 4.69) is 16.8 Å². The molecule has 24 heavy (non-hydrogen) atoms. The molecule has 1 N–H and O–H groups in total. The van der Waals surface area contributed by atoms with E-state index < -0.39 is 11.2 Å². The van der Waals surface area contributed by atoms with E-state index in [1.165, 1.54) is 4.57 Å². The van der Waals surface area contributed by atoms with E-state index in [9.17, 15) is 14.4 Å². The lowest BCUT2D eigenvalue weighted by atomic mass is 10.0. The first-order chi connectivity index (χ1) is 11.6. The van der Waals surface area contributed by atoms with Crippen LogP contribution >= 0.6 is 0 Å². The minimum Gasteiger partial charge on any atom is -0.361 e. The molecule has 2 rings (SSSR count). The number of hydrogen-bond acceptors (Lipinski definition) is 4. The molecule has 0 atom stereocenters. The first kappa shape index (κ1) is 17.4. The lowest BCUT2D eigenvalue weighted by Gasteiger charge is -2.14. The van der Waals surface area contributed by atoms with Crippen molar-refractivity contribution >= 4 is 6.29 Å². The molecular formula is C18H18N2O4. The summed E-state index contributed by atoms with van der Waals surface area (Å²) in [5.41, 5.74) is 1.74. The fraction of sp³-hybridized carbons (Fsp3) is 0.278. The minimum atomic E-state index is -0.494. The maximum atomic E-state index is 12.1. The average molecular weight is 326 g/mol. The summed E-state index contributed by atoms with van der Waals surface area (Å²) in [4.78, 5) is 36.6. The molecular weight excluding hydrogens is 308 g/mol. The normalized spacial score (nSPS) is 10.1. The molecule has 2 aromatic rings. The summed E-state index contributed by atoms with van der Waals surface area (Å²) in [6.07, 6.45) is 0.919. The van der Waals surface area contributed by atoms with E-state index >= 15 is 0 Å². The molecule has 0 fully saturated rings. The molecule has 0 aliphatic rings. The van der Waals surface area contributed by atoms with Crippen LogP contribution in [0.4, 0.5) is 0 Å². The van der Waals surface area contributed by atoms with Crippen LogP contribution in [-0.4, -0.2) is 22.4 Å². The van der Waals surface area contributed by atoms with E-state index in [1.54, 1.807) is 13.0 Å². The summed E-state index contributed by atoms with van der Waals surface area (Å²) < 4.78 is 6.75. The lowest BCUT2D eigenvalue weighted by Crippen LogP contribution is -2.35. The quantitative estimate of drug-likeness (QED) is 0.656. The molecule has 6 heteroatoms. The molecule has 0 bridgehead atoms. The Kier molecular flexibility index (Phi) is 5.88. The Morgan fingerprint density at radius 3 is 2.83 bits per heavy atom. The summed E-state index contributed by atoms with van der Waals surface area (Å²) in [7, 11) is 0. The van der Waals surface area contributed by atoms with Crippen LogP contribution in [0.2, 0.25) is 0 Å². The highest BCUT2D eigenvalue weighted by Crippen LogP contribution is 2.12. The van der Waals surface area contributed by atoms with Crippen molar-refractivity contribution in [2.75, 3.05) is 6.61 Å².